The highest BCUT2D eigenvalue weighted by Crippen LogP contribution is 2.40. The van der Waals surface area contributed by atoms with E-state index in [0.717, 1.165) is 0 Å². The lowest BCUT2D eigenvalue weighted by Gasteiger charge is -2.18. The van der Waals surface area contributed by atoms with Gasteiger partial charge in [-0.05, 0) is 125 Å². The van der Waals surface area contributed by atoms with E-state index in [-0.39, 0.29) is 0 Å². The molecular weight excluding hydrogens is 302 g/mol. The molecule has 0 amide bonds. The summed E-state index contributed by atoms with van der Waals surface area (Å²) < 4.78 is 0. The van der Waals surface area contributed by atoms with Crippen LogP contribution >= 0.6 is 0 Å². The maximum absolute atomic E-state index is 3.81. The minimum Gasteiger partial charge on any atom is -0.354 e. The fraction of sp³-hybridized carbons (Fsp3) is 0.417. The highest BCUT2D eigenvalue weighted by Gasteiger charge is 2.21. The first-order valence-corrected chi connectivity index (χ1v) is 9.25. The van der Waals surface area contributed by atoms with Crippen LogP contribution in [0.2, 0.25) is 0 Å². The Morgan fingerprint density at radius 1 is 0.400 bits per heavy atom. The number of H-pyrrole nitrogens is 1. The molecule has 0 bridgehead atoms. The smallest absolute Gasteiger partial charge is 0.0500 e. The van der Waals surface area contributed by atoms with Gasteiger partial charge in [-0.3, -0.25) is 0 Å². The van der Waals surface area contributed by atoms with Crippen LogP contribution in [0.25, 0.3) is 22.2 Å². The second-order valence-corrected chi connectivity index (χ2v) is 7.88. The molecule has 0 unspecified atom stereocenters. The van der Waals surface area contributed by atoms with E-state index >= 15 is 0 Å². The van der Waals surface area contributed by atoms with E-state index in [2.05, 4.69) is 74.2 Å². The fourth-order valence-corrected chi connectivity index (χ4v) is 4.41. The molecule has 0 fully saturated rings. The van der Waals surface area contributed by atoms with Gasteiger partial charge in [-0.25, -0.2) is 0 Å². The first kappa shape index (κ1) is 17.8. The van der Waals surface area contributed by atoms with Gasteiger partial charge in [0.05, 0.1) is 0 Å². The number of aromatic nitrogens is 1. The van der Waals surface area contributed by atoms with E-state index in [1.807, 2.05) is 0 Å². The largest absolute Gasteiger partial charge is 0.354 e. The molecule has 0 radical (unpaired) electrons. The van der Waals surface area contributed by atoms with Crippen molar-refractivity contribution >= 4 is 10.9 Å². The van der Waals surface area contributed by atoms with Crippen LogP contribution < -0.4 is 0 Å². The first-order chi connectivity index (χ1) is 11.6. The predicted molar refractivity (Wildman–Crippen MR) is 111 cm³/mol. The maximum atomic E-state index is 3.81. The van der Waals surface area contributed by atoms with Gasteiger partial charge in [0.25, 0.3) is 0 Å². The topological polar surface area (TPSA) is 15.8 Å². The molecule has 0 spiro atoms. The summed E-state index contributed by atoms with van der Waals surface area (Å²) in [6, 6.07) is 0. The number of aromatic amines is 1. The molecule has 1 aromatic heterocycles. The lowest BCUT2D eigenvalue weighted by atomic mass is 9.87. The van der Waals surface area contributed by atoms with Crippen LogP contribution in [0.1, 0.15) is 55.6 Å². The Morgan fingerprint density at radius 3 is 1.32 bits per heavy atom. The third-order valence-corrected chi connectivity index (χ3v) is 6.94. The second kappa shape index (κ2) is 5.76. The summed E-state index contributed by atoms with van der Waals surface area (Å²) >= 11 is 0. The minimum absolute atomic E-state index is 1.30. The zero-order valence-electron chi connectivity index (χ0n) is 17.5. The summed E-state index contributed by atoms with van der Waals surface area (Å²) in [5.74, 6) is 0. The van der Waals surface area contributed by atoms with E-state index in [1.54, 1.807) is 0 Å². The van der Waals surface area contributed by atoms with Crippen molar-refractivity contribution in [3.05, 3.63) is 55.6 Å². The summed E-state index contributed by atoms with van der Waals surface area (Å²) in [6.45, 7) is 22.6. The normalized spacial score (nSPS) is 11.6. The molecule has 0 aliphatic rings. The number of aryl methyl sites for hydroxylation is 3. The molecule has 2 aromatic carbocycles. The standard InChI is InChI=1S/C24H31N/c1-11-12(2)16(6)21(17(7)13(11)3)24-20(10)22-18(8)14(4)15(5)19(9)23(22)25-24/h25H,1-10H3. The molecular formula is C24H31N. The third kappa shape index (κ3) is 2.28. The zero-order chi connectivity index (χ0) is 18.8. The third-order valence-electron chi connectivity index (χ3n) is 6.94. The Balaban J connectivity index is 2.50. The van der Waals surface area contributed by atoms with Crippen molar-refractivity contribution in [3.63, 3.8) is 0 Å². The summed E-state index contributed by atoms with van der Waals surface area (Å²) in [5.41, 5.74) is 18.0. The van der Waals surface area contributed by atoms with Crippen LogP contribution in [0.3, 0.4) is 0 Å². The molecule has 0 aliphatic carbocycles. The zero-order valence-corrected chi connectivity index (χ0v) is 17.5. The van der Waals surface area contributed by atoms with E-state index in [9.17, 15) is 0 Å². The molecule has 1 nitrogen and oxygen atoms in total. The van der Waals surface area contributed by atoms with Crippen molar-refractivity contribution in [3.8, 4) is 11.3 Å². The van der Waals surface area contributed by atoms with Crippen LogP contribution in [0, 0.1) is 69.2 Å². The highest BCUT2D eigenvalue weighted by molar-refractivity contribution is 5.97. The quantitative estimate of drug-likeness (QED) is 0.497. The number of nitrogens with one attached hydrogen (secondary N) is 1. The van der Waals surface area contributed by atoms with E-state index < -0.39 is 0 Å². The first-order valence-electron chi connectivity index (χ1n) is 9.25. The van der Waals surface area contributed by atoms with Crippen LogP contribution in [0.15, 0.2) is 0 Å². The van der Waals surface area contributed by atoms with Crippen molar-refractivity contribution in [1.82, 2.24) is 4.98 Å². The van der Waals surface area contributed by atoms with Crippen LogP contribution in [0.4, 0.5) is 0 Å². The van der Waals surface area contributed by atoms with Gasteiger partial charge in [0.1, 0.15) is 0 Å². The molecule has 0 saturated carbocycles. The van der Waals surface area contributed by atoms with Gasteiger partial charge in [0, 0.05) is 22.2 Å². The van der Waals surface area contributed by atoms with Crippen molar-refractivity contribution in [2.45, 2.75) is 69.2 Å². The number of fused-ring (bicyclic) bond motifs is 1. The molecule has 132 valence electrons. The minimum atomic E-state index is 1.30. The van der Waals surface area contributed by atoms with Crippen molar-refractivity contribution in [1.29, 1.82) is 0 Å². The molecule has 1 N–H and O–H groups in total. The summed E-state index contributed by atoms with van der Waals surface area (Å²) in [4.78, 5) is 3.81. The average Bonchev–Trinajstić information content (AvgIpc) is 2.92. The summed E-state index contributed by atoms with van der Waals surface area (Å²) in [5, 5.41) is 1.41. The molecule has 3 aromatic rings. The van der Waals surface area contributed by atoms with E-state index in [0.29, 0.717) is 0 Å². The van der Waals surface area contributed by atoms with Gasteiger partial charge in [-0.15, -0.1) is 0 Å². The summed E-state index contributed by atoms with van der Waals surface area (Å²) in [7, 11) is 0. The SMILES string of the molecule is Cc1c(C)c(C)c(-c2[nH]c3c(C)c(C)c(C)c(C)c3c2C)c(C)c1C. The number of hydrogen-bond donors (Lipinski definition) is 1. The molecule has 0 atom stereocenters. The van der Waals surface area contributed by atoms with Gasteiger partial charge in [0.2, 0.25) is 0 Å². The maximum Gasteiger partial charge on any atom is 0.0500 e. The average molecular weight is 334 g/mol. The Kier molecular flexibility index (Phi) is 4.10. The molecule has 1 heterocycles. The Morgan fingerprint density at radius 2 is 0.800 bits per heavy atom. The summed E-state index contributed by atoms with van der Waals surface area (Å²) in [6.07, 6.45) is 0. The van der Waals surface area contributed by atoms with Crippen LogP contribution in [-0.4, -0.2) is 4.98 Å². The molecule has 25 heavy (non-hydrogen) atoms. The van der Waals surface area contributed by atoms with Gasteiger partial charge >= 0.3 is 0 Å². The van der Waals surface area contributed by atoms with Crippen molar-refractivity contribution in [2.24, 2.45) is 0 Å². The van der Waals surface area contributed by atoms with Gasteiger partial charge < -0.3 is 4.98 Å². The molecule has 0 aliphatic heterocycles. The number of benzene rings is 2. The van der Waals surface area contributed by atoms with Crippen molar-refractivity contribution < 1.29 is 0 Å². The molecule has 3 rings (SSSR count). The Hall–Kier alpha value is -2.02. The lowest BCUT2D eigenvalue weighted by Crippen LogP contribution is -2.00. The Labute approximate surface area is 152 Å². The predicted octanol–water partition coefficient (Wildman–Crippen LogP) is 6.92. The second-order valence-electron chi connectivity index (χ2n) is 7.88. The monoisotopic (exact) mass is 333 g/mol. The van der Waals surface area contributed by atoms with Crippen molar-refractivity contribution in [2.75, 3.05) is 0 Å². The lowest BCUT2D eigenvalue weighted by molar-refractivity contribution is 1.17. The molecule has 0 saturated heterocycles. The Bertz CT molecular complexity index is 1000. The van der Waals surface area contributed by atoms with Gasteiger partial charge in [0.15, 0.2) is 0 Å². The number of hydrogen-bond acceptors (Lipinski definition) is 0. The van der Waals surface area contributed by atoms with Gasteiger partial charge in [-0.2, -0.15) is 0 Å². The number of rotatable bonds is 1. The van der Waals surface area contributed by atoms with E-state index in [1.165, 1.54) is 77.8 Å². The van der Waals surface area contributed by atoms with Crippen LogP contribution in [0.5, 0.6) is 0 Å². The van der Waals surface area contributed by atoms with E-state index in [4.69, 9.17) is 0 Å². The molecule has 1 heteroatoms. The fourth-order valence-electron chi connectivity index (χ4n) is 4.41. The van der Waals surface area contributed by atoms with Crippen LogP contribution in [-0.2, 0) is 0 Å². The highest BCUT2D eigenvalue weighted by atomic mass is 14.7. The van der Waals surface area contributed by atoms with Gasteiger partial charge in [-0.1, -0.05) is 0 Å².